The van der Waals surface area contributed by atoms with Crippen molar-refractivity contribution in [2.45, 2.75) is 6.92 Å². The number of rotatable bonds is 2. The van der Waals surface area contributed by atoms with Crippen LogP contribution in [0.3, 0.4) is 0 Å². The quantitative estimate of drug-likeness (QED) is 0.696. The maximum Gasteiger partial charge on any atom is 0.510 e. The Hall–Kier alpha value is -1.71. The molecule has 0 aliphatic carbocycles. The maximum atomic E-state index is 13.0. The molecule has 0 bridgehead atoms. The van der Waals surface area contributed by atoms with Gasteiger partial charge in [-0.2, -0.15) is 0 Å². The first-order valence-corrected chi connectivity index (χ1v) is 5.34. The lowest BCUT2D eigenvalue weighted by Gasteiger charge is -2.20. The Balaban J connectivity index is 2.63. The van der Waals surface area contributed by atoms with Gasteiger partial charge >= 0.3 is 6.98 Å². The summed E-state index contributed by atoms with van der Waals surface area (Å²) in [6.45, 7) is -3.32. The molecule has 4 heteroatoms. The molecule has 0 atom stereocenters. The van der Waals surface area contributed by atoms with Gasteiger partial charge in [0.2, 0.25) is 0 Å². The minimum absolute atomic E-state index is 0.253. The van der Waals surface area contributed by atoms with Crippen LogP contribution in [0.1, 0.15) is 5.56 Å². The summed E-state index contributed by atoms with van der Waals surface area (Å²) in [5.41, 5.74) is 0.959. The van der Waals surface area contributed by atoms with Gasteiger partial charge in [-0.25, -0.2) is 0 Å². The standard InChI is InChI=1S/C13H11BF3/c1-10-7-8-12(11-5-3-2-4-6-11)13(9-10)14(15,16)17/h2-9H,1H3/q-1. The SMILES string of the molecule is Cc1ccc(-c2ccccc2)c([B-](F)(F)F)c1. The lowest BCUT2D eigenvalue weighted by molar-refractivity contribution is 0.501. The first kappa shape index (κ1) is 11.8. The van der Waals surface area contributed by atoms with Crippen LogP contribution in [-0.2, 0) is 0 Å². The van der Waals surface area contributed by atoms with E-state index in [1.807, 2.05) is 0 Å². The van der Waals surface area contributed by atoms with Crippen molar-refractivity contribution < 1.29 is 12.9 Å². The molecule has 0 saturated carbocycles. The van der Waals surface area contributed by atoms with E-state index in [1.54, 1.807) is 43.3 Å². The summed E-state index contributed by atoms with van der Waals surface area (Å²) in [4.78, 5) is 0. The summed E-state index contributed by atoms with van der Waals surface area (Å²) in [6, 6.07) is 13.1. The first-order chi connectivity index (χ1) is 7.98. The second kappa shape index (κ2) is 4.28. The zero-order valence-electron chi connectivity index (χ0n) is 9.33. The number of halogens is 3. The Morgan fingerprint density at radius 1 is 0.882 bits per heavy atom. The van der Waals surface area contributed by atoms with Crippen LogP contribution in [0.2, 0.25) is 0 Å². The smallest absolute Gasteiger partial charge is 0.445 e. The van der Waals surface area contributed by atoms with Gasteiger partial charge in [-0.3, -0.25) is 0 Å². The van der Waals surface area contributed by atoms with Gasteiger partial charge in [-0.1, -0.05) is 54.1 Å². The molecule has 0 amide bonds. The number of aryl methyl sites for hydroxylation is 1. The molecular weight excluding hydrogens is 224 g/mol. The highest BCUT2D eigenvalue weighted by Crippen LogP contribution is 2.22. The molecule has 0 unspecified atom stereocenters. The van der Waals surface area contributed by atoms with Gasteiger partial charge in [0, 0.05) is 0 Å². The third-order valence-electron chi connectivity index (χ3n) is 2.64. The lowest BCUT2D eigenvalue weighted by Crippen LogP contribution is -2.35. The average Bonchev–Trinajstić information content (AvgIpc) is 2.29. The van der Waals surface area contributed by atoms with E-state index in [4.69, 9.17) is 0 Å². The van der Waals surface area contributed by atoms with E-state index >= 15 is 0 Å². The van der Waals surface area contributed by atoms with Gasteiger partial charge in [0.05, 0.1) is 0 Å². The van der Waals surface area contributed by atoms with Gasteiger partial charge < -0.3 is 12.9 Å². The molecule has 0 heterocycles. The Bertz CT molecular complexity index is 518. The van der Waals surface area contributed by atoms with E-state index in [9.17, 15) is 12.9 Å². The molecule has 2 aromatic carbocycles. The predicted molar refractivity (Wildman–Crippen MR) is 65.3 cm³/mol. The summed E-state index contributed by atoms with van der Waals surface area (Å²) in [5, 5.41) is 0. The fourth-order valence-corrected chi connectivity index (χ4v) is 1.83. The molecule has 2 aromatic rings. The second-order valence-electron chi connectivity index (χ2n) is 4.03. The highest BCUT2D eigenvalue weighted by molar-refractivity contribution is 6.75. The molecule has 0 saturated heterocycles. The summed E-state index contributed by atoms with van der Waals surface area (Å²) in [5.74, 6) is 0. The number of hydrogen-bond donors (Lipinski definition) is 0. The summed E-state index contributed by atoms with van der Waals surface area (Å²) in [6.07, 6.45) is 0. The molecule has 88 valence electrons. The van der Waals surface area contributed by atoms with E-state index < -0.39 is 12.4 Å². The van der Waals surface area contributed by atoms with Gasteiger partial charge in [-0.15, -0.1) is 5.46 Å². The highest BCUT2D eigenvalue weighted by Gasteiger charge is 2.28. The van der Waals surface area contributed by atoms with Crippen molar-refractivity contribution in [3.05, 3.63) is 54.1 Å². The summed E-state index contributed by atoms with van der Waals surface area (Å²) < 4.78 is 38.9. The normalized spacial score (nSPS) is 11.5. The van der Waals surface area contributed by atoms with E-state index in [2.05, 4.69) is 0 Å². The second-order valence-corrected chi connectivity index (χ2v) is 4.03. The third kappa shape index (κ3) is 2.52. The van der Waals surface area contributed by atoms with Crippen molar-refractivity contribution in [2.75, 3.05) is 0 Å². The minimum atomic E-state index is -4.98. The zero-order chi connectivity index (χ0) is 12.5. The Labute approximate surface area is 98.2 Å². The first-order valence-electron chi connectivity index (χ1n) is 5.34. The van der Waals surface area contributed by atoms with E-state index in [0.717, 1.165) is 0 Å². The van der Waals surface area contributed by atoms with Gasteiger partial charge in [0.25, 0.3) is 0 Å². The van der Waals surface area contributed by atoms with Crippen molar-refractivity contribution in [1.29, 1.82) is 0 Å². The molecule has 0 aliphatic rings. The Morgan fingerprint density at radius 2 is 1.53 bits per heavy atom. The highest BCUT2D eigenvalue weighted by atomic mass is 19.4. The molecule has 0 N–H and O–H groups in total. The van der Waals surface area contributed by atoms with E-state index in [1.165, 1.54) is 12.1 Å². The fraction of sp³-hybridized carbons (Fsp3) is 0.0769. The molecule has 0 radical (unpaired) electrons. The molecular formula is C13H11BF3-. The van der Waals surface area contributed by atoms with Crippen molar-refractivity contribution in [3.8, 4) is 11.1 Å². The molecule has 2 rings (SSSR count). The lowest BCUT2D eigenvalue weighted by atomic mass is 9.74. The van der Waals surface area contributed by atoms with Gasteiger partial charge in [-0.05, 0) is 18.1 Å². The number of hydrogen-bond acceptors (Lipinski definition) is 0. The Kier molecular flexibility index (Phi) is 2.96. The molecule has 0 spiro atoms. The van der Waals surface area contributed by atoms with Crippen molar-refractivity contribution in [1.82, 2.24) is 0 Å². The van der Waals surface area contributed by atoms with Gasteiger partial charge in [0.15, 0.2) is 0 Å². The van der Waals surface area contributed by atoms with Crippen molar-refractivity contribution in [3.63, 3.8) is 0 Å². The number of benzene rings is 2. The van der Waals surface area contributed by atoms with Crippen molar-refractivity contribution >= 4 is 12.4 Å². The van der Waals surface area contributed by atoms with Crippen LogP contribution in [0.25, 0.3) is 11.1 Å². The third-order valence-corrected chi connectivity index (χ3v) is 2.64. The molecule has 0 nitrogen and oxygen atoms in total. The Morgan fingerprint density at radius 3 is 2.12 bits per heavy atom. The average molecular weight is 235 g/mol. The van der Waals surface area contributed by atoms with Crippen molar-refractivity contribution in [2.24, 2.45) is 0 Å². The van der Waals surface area contributed by atoms with E-state index in [-0.39, 0.29) is 5.56 Å². The van der Waals surface area contributed by atoms with E-state index in [0.29, 0.717) is 11.1 Å². The van der Waals surface area contributed by atoms with Crippen LogP contribution in [0.15, 0.2) is 48.5 Å². The molecule has 0 aromatic heterocycles. The maximum absolute atomic E-state index is 13.0. The molecule has 0 aliphatic heterocycles. The topological polar surface area (TPSA) is 0 Å². The minimum Gasteiger partial charge on any atom is -0.445 e. The van der Waals surface area contributed by atoms with Gasteiger partial charge in [0.1, 0.15) is 0 Å². The van der Waals surface area contributed by atoms with Crippen LogP contribution < -0.4 is 5.46 Å². The monoisotopic (exact) mass is 235 g/mol. The van der Waals surface area contributed by atoms with Crippen LogP contribution in [0, 0.1) is 6.92 Å². The summed E-state index contributed by atoms with van der Waals surface area (Å²) in [7, 11) is 0. The molecule has 17 heavy (non-hydrogen) atoms. The largest absolute Gasteiger partial charge is 0.510 e. The van der Waals surface area contributed by atoms with Crippen LogP contribution >= 0.6 is 0 Å². The van der Waals surface area contributed by atoms with Crippen LogP contribution in [-0.4, -0.2) is 6.98 Å². The fourth-order valence-electron chi connectivity index (χ4n) is 1.83. The summed E-state index contributed by atoms with van der Waals surface area (Å²) >= 11 is 0. The predicted octanol–water partition coefficient (Wildman–Crippen LogP) is 3.72. The zero-order valence-corrected chi connectivity index (χ0v) is 9.33. The van der Waals surface area contributed by atoms with Crippen LogP contribution in [0.4, 0.5) is 12.9 Å². The molecule has 0 fully saturated rings. The van der Waals surface area contributed by atoms with Crippen LogP contribution in [0.5, 0.6) is 0 Å².